The molecule has 0 aliphatic rings. The second-order valence-corrected chi connectivity index (χ2v) is 1.74. The molecule has 0 atom stereocenters. The molecule has 12 N–H and O–H groups in total. The third kappa shape index (κ3) is 3.40. The van der Waals surface area contributed by atoms with E-state index in [-0.39, 0.29) is 5.96 Å². The predicted molar refractivity (Wildman–Crippen MR) is 42.9 cm³/mol. The summed E-state index contributed by atoms with van der Waals surface area (Å²) < 4.78 is 0. The Hall–Kier alpha value is -1.78. The highest BCUT2D eigenvalue weighted by molar-refractivity contribution is 5.76. The van der Waals surface area contributed by atoms with E-state index in [1.54, 1.807) is 0 Å². The van der Waals surface area contributed by atoms with Crippen LogP contribution in [0.25, 0.3) is 0 Å². The molecule has 0 amide bonds. The first-order valence-electron chi connectivity index (χ1n) is 2.72. The lowest BCUT2D eigenvalue weighted by Gasteiger charge is -2.21. The Balaban J connectivity index is 3.96. The number of hydrazine groups is 4. The van der Waals surface area contributed by atoms with Gasteiger partial charge in [0.2, 0.25) is 5.96 Å². The second kappa shape index (κ2) is 4.17. The fourth-order valence-electron chi connectivity index (χ4n) is 0.283. The number of rotatable bonds is 2. The van der Waals surface area contributed by atoms with E-state index in [4.69, 9.17) is 34.4 Å². The maximum absolute atomic E-state index is 7.06. The zero-order chi connectivity index (χ0) is 9.72. The molecule has 0 aromatic carbocycles. The molecule has 10 nitrogen and oxygen atoms in total. The van der Waals surface area contributed by atoms with Gasteiger partial charge in [0.15, 0.2) is 0 Å². The van der Waals surface area contributed by atoms with Crippen molar-refractivity contribution in [3.8, 4) is 0 Å². The van der Waals surface area contributed by atoms with Crippen LogP contribution in [-0.2, 0) is 0 Å². The van der Waals surface area contributed by atoms with Gasteiger partial charge in [0, 0.05) is 0 Å². The molecule has 12 heavy (non-hydrogen) atoms. The van der Waals surface area contributed by atoms with Crippen LogP contribution in [0.5, 0.6) is 0 Å². The normalized spacial score (nSPS) is 8.58. The van der Waals surface area contributed by atoms with E-state index in [0.717, 1.165) is 0 Å². The van der Waals surface area contributed by atoms with Crippen molar-refractivity contribution >= 4 is 11.9 Å². The predicted octanol–water partition coefficient (Wildman–Crippen LogP) is -4.16. The highest BCUT2D eigenvalue weighted by Gasteiger charge is 2.06. The van der Waals surface area contributed by atoms with Crippen LogP contribution in [0.2, 0.25) is 0 Å². The highest BCUT2D eigenvalue weighted by Crippen LogP contribution is 1.74. The van der Waals surface area contributed by atoms with Crippen LogP contribution < -0.4 is 34.5 Å². The summed E-state index contributed by atoms with van der Waals surface area (Å²) >= 11 is 0. The van der Waals surface area contributed by atoms with Gasteiger partial charge in [-0.2, -0.15) is 10.7 Å². The van der Waals surface area contributed by atoms with E-state index >= 15 is 0 Å². The van der Waals surface area contributed by atoms with Gasteiger partial charge in [-0.25, -0.2) is 22.6 Å². The SMILES string of the molecule is N=C(N(N)N)N(N)NN=C(N)N. The van der Waals surface area contributed by atoms with Crippen LogP contribution in [0.3, 0.4) is 0 Å². The van der Waals surface area contributed by atoms with Crippen molar-refractivity contribution in [1.82, 2.24) is 15.8 Å². The van der Waals surface area contributed by atoms with Crippen molar-refractivity contribution in [2.45, 2.75) is 0 Å². The fourth-order valence-corrected chi connectivity index (χ4v) is 0.283. The number of nitrogens with zero attached hydrogens (tertiary/aromatic N) is 3. The van der Waals surface area contributed by atoms with Crippen LogP contribution >= 0.6 is 0 Å². The molecule has 0 unspecified atom stereocenters. The second-order valence-electron chi connectivity index (χ2n) is 1.74. The van der Waals surface area contributed by atoms with Crippen molar-refractivity contribution in [1.29, 1.82) is 5.41 Å². The number of hydrogen-bond acceptors (Lipinski definition) is 6. The van der Waals surface area contributed by atoms with Crippen LogP contribution in [-0.4, -0.2) is 22.2 Å². The van der Waals surface area contributed by atoms with Gasteiger partial charge in [0.05, 0.1) is 0 Å². The molecular weight excluding hydrogens is 164 g/mol. The zero-order valence-corrected chi connectivity index (χ0v) is 6.23. The Labute approximate surface area is 68.3 Å². The molecule has 0 saturated carbocycles. The number of hydrazone groups is 1. The van der Waals surface area contributed by atoms with Crippen LogP contribution in [0.15, 0.2) is 5.10 Å². The van der Waals surface area contributed by atoms with E-state index in [9.17, 15) is 0 Å². The lowest BCUT2D eigenvalue weighted by Crippen LogP contribution is -2.58. The largest absolute Gasteiger partial charge is 0.369 e. The van der Waals surface area contributed by atoms with E-state index in [1.807, 2.05) is 0 Å². The molecule has 0 fully saturated rings. The van der Waals surface area contributed by atoms with Gasteiger partial charge < -0.3 is 11.5 Å². The molecule has 0 spiro atoms. The molecule has 0 aliphatic heterocycles. The molecule has 0 rings (SSSR count). The minimum atomic E-state index is -0.417. The monoisotopic (exact) mass is 176 g/mol. The van der Waals surface area contributed by atoms with E-state index in [0.29, 0.717) is 10.2 Å². The fraction of sp³-hybridized carbons (Fsp3) is 0. The summed E-state index contributed by atoms with van der Waals surface area (Å²) in [4.78, 5) is 0. The minimum absolute atomic E-state index is 0.237. The van der Waals surface area contributed by atoms with E-state index < -0.39 is 5.96 Å². The zero-order valence-electron chi connectivity index (χ0n) is 6.23. The average Bonchev–Trinajstić information content (AvgIpc) is 1.98. The number of hydrogen-bond donors (Lipinski definition) is 7. The molecule has 0 radical (unpaired) electrons. The summed E-state index contributed by atoms with van der Waals surface area (Å²) in [6.07, 6.45) is 0. The highest BCUT2D eigenvalue weighted by atomic mass is 15.8. The molecule has 0 aliphatic carbocycles. The van der Waals surface area contributed by atoms with E-state index in [1.165, 1.54) is 0 Å². The van der Waals surface area contributed by atoms with Crippen molar-refractivity contribution in [3.05, 3.63) is 0 Å². The first-order valence-corrected chi connectivity index (χ1v) is 2.72. The lowest BCUT2D eigenvalue weighted by molar-refractivity contribution is 0.262. The van der Waals surface area contributed by atoms with Gasteiger partial charge in [-0.15, -0.1) is 5.10 Å². The molecule has 70 valence electrons. The van der Waals surface area contributed by atoms with Gasteiger partial charge in [-0.05, 0) is 0 Å². The summed E-state index contributed by atoms with van der Waals surface area (Å²) in [5, 5.41) is 11.4. The molecule has 0 bridgehead atoms. The summed E-state index contributed by atoms with van der Waals surface area (Å²) in [5.41, 5.74) is 12.0. The first-order chi connectivity index (χ1) is 5.45. The minimum Gasteiger partial charge on any atom is -0.369 e. The standard InChI is InChI=1S/C2H12N10/c3-1(4)9-10-12(8)2(5)11(6)7/h5,10H,6-8H2,(H4,3,4,9). The Bertz CT molecular complexity index is 176. The maximum Gasteiger partial charge on any atom is 0.259 e. The average molecular weight is 176 g/mol. The molecular formula is C2H12N10. The molecule has 0 saturated heterocycles. The van der Waals surface area contributed by atoms with Gasteiger partial charge >= 0.3 is 0 Å². The molecule has 0 heterocycles. The summed E-state index contributed by atoms with van der Waals surface area (Å²) in [6, 6.07) is 0. The topological polar surface area (TPSA) is 185 Å². The molecule has 0 aromatic heterocycles. The third-order valence-electron chi connectivity index (χ3n) is 0.760. The third-order valence-corrected chi connectivity index (χ3v) is 0.760. The van der Waals surface area contributed by atoms with Gasteiger partial charge in [0.25, 0.3) is 5.96 Å². The lowest BCUT2D eigenvalue weighted by atomic mass is 11.0. The Morgan fingerprint density at radius 1 is 1.25 bits per heavy atom. The van der Waals surface area contributed by atoms with Crippen molar-refractivity contribution in [2.75, 3.05) is 0 Å². The molecule has 10 heteroatoms. The van der Waals surface area contributed by atoms with Gasteiger partial charge in [-0.1, -0.05) is 0 Å². The quantitative estimate of drug-likeness (QED) is 0.0955. The van der Waals surface area contributed by atoms with Crippen molar-refractivity contribution < 1.29 is 0 Å². The maximum atomic E-state index is 7.06. The summed E-state index contributed by atoms with van der Waals surface area (Å²) in [6.45, 7) is 0. The van der Waals surface area contributed by atoms with Crippen LogP contribution in [0.1, 0.15) is 0 Å². The van der Waals surface area contributed by atoms with E-state index in [2.05, 4.69) is 10.6 Å². The number of guanidine groups is 2. The van der Waals surface area contributed by atoms with Crippen molar-refractivity contribution in [2.24, 2.45) is 34.1 Å². The Morgan fingerprint density at radius 2 is 1.75 bits per heavy atom. The summed E-state index contributed by atoms with van der Waals surface area (Å²) in [7, 11) is 0. The van der Waals surface area contributed by atoms with Gasteiger partial charge in [-0.3, -0.25) is 5.41 Å². The van der Waals surface area contributed by atoms with Crippen LogP contribution in [0, 0.1) is 5.41 Å². The number of nitrogens with two attached hydrogens (primary N) is 5. The molecule has 0 aromatic rings. The smallest absolute Gasteiger partial charge is 0.259 e. The van der Waals surface area contributed by atoms with Crippen LogP contribution in [0.4, 0.5) is 0 Å². The first kappa shape index (κ1) is 10.2. The number of nitrogens with one attached hydrogen (secondary N) is 2. The Morgan fingerprint density at radius 3 is 2.08 bits per heavy atom. The van der Waals surface area contributed by atoms with Crippen molar-refractivity contribution in [3.63, 3.8) is 0 Å². The Kier molecular flexibility index (Phi) is 3.55. The summed E-state index contributed by atoms with van der Waals surface area (Å²) in [5.74, 6) is 14.4. The van der Waals surface area contributed by atoms with Gasteiger partial charge in [0.1, 0.15) is 0 Å².